The van der Waals surface area contributed by atoms with Gasteiger partial charge < -0.3 is 18.9 Å². The number of carbonyl (C=O) groups is 1. The average molecular weight is 783 g/mol. The van der Waals surface area contributed by atoms with E-state index in [1.54, 1.807) is 0 Å². The first kappa shape index (κ1) is 52.5. The Morgan fingerprint density at radius 1 is 0.593 bits per heavy atom. The fourth-order valence-electron chi connectivity index (χ4n) is 5.78. The van der Waals surface area contributed by atoms with Crippen LogP contribution in [-0.4, -0.2) is 75.6 Å². The lowest BCUT2D eigenvalue weighted by Gasteiger charge is -2.24. The van der Waals surface area contributed by atoms with E-state index < -0.39 is 13.9 Å². The fourth-order valence-corrected chi connectivity index (χ4v) is 6.52. The molecule has 0 fully saturated rings. The normalized spacial score (nSPS) is 14.3. The van der Waals surface area contributed by atoms with Gasteiger partial charge in [-0.25, -0.2) is 4.57 Å². The Hall–Kier alpha value is -1.54. The van der Waals surface area contributed by atoms with Gasteiger partial charge in [0.05, 0.1) is 34.4 Å². The summed E-state index contributed by atoms with van der Waals surface area (Å²) in [6.07, 6.45) is 45.7. The molecule has 0 spiro atoms. The highest BCUT2D eigenvalue weighted by Crippen LogP contribution is 2.43. The second-order valence-electron chi connectivity index (χ2n) is 15.7. The van der Waals surface area contributed by atoms with Gasteiger partial charge in [-0.1, -0.05) is 165 Å². The quantitative estimate of drug-likeness (QED) is 0.0218. The number of carbonyl (C=O) groups excluding carboxylic acids is 1. The molecule has 8 nitrogen and oxygen atoms in total. The van der Waals surface area contributed by atoms with Crippen molar-refractivity contribution in [3.05, 3.63) is 48.6 Å². The number of nitrogens with zero attached hydrogens (tertiary/aromatic N) is 1. The van der Waals surface area contributed by atoms with E-state index in [1.807, 2.05) is 21.1 Å². The highest BCUT2D eigenvalue weighted by Gasteiger charge is 2.26. The van der Waals surface area contributed by atoms with Crippen LogP contribution >= 0.6 is 7.82 Å². The van der Waals surface area contributed by atoms with Crippen molar-refractivity contribution >= 4 is 13.8 Å². The second-order valence-corrected chi connectivity index (χ2v) is 17.2. The highest BCUT2D eigenvalue weighted by atomic mass is 31.2. The predicted octanol–water partition coefficient (Wildman–Crippen LogP) is 12.8. The van der Waals surface area contributed by atoms with Crippen molar-refractivity contribution in [3.63, 3.8) is 0 Å². The van der Waals surface area contributed by atoms with Crippen LogP contribution in [0.15, 0.2) is 48.6 Å². The third-order valence-corrected chi connectivity index (χ3v) is 10.1. The smallest absolute Gasteiger partial charge is 0.457 e. The van der Waals surface area contributed by atoms with Crippen molar-refractivity contribution in [2.75, 3.05) is 54.1 Å². The Kier molecular flexibility index (Phi) is 37.2. The Morgan fingerprint density at radius 2 is 1.07 bits per heavy atom. The molecule has 0 radical (unpaired) electrons. The summed E-state index contributed by atoms with van der Waals surface area (Å²) in [5, 5.41) is 0. The van der Waals surface area contributed by atoms with E-state index in [2.05, 4.69) is 62.5 Å². The molecule has 0 rings (SSSR count). The molecule has 0 aliphatic rings. The molecule has 9 heteroatoms. The largest absolute Gasteiger partial charge is 0.472 e. The van der Waals surface area contributed by atoms with E-state index in [0.29, 0.717) is 24.1 Å². The number of phosphoric acid groups is 1. The molecule has 0 aromatic carbocycles. The maximum Gasteiger partial charge on any atom is 0.472 e. The molecule has 0 amide bonds. The van der Waals surface area contributed by atoms with E-state index >= 15 is 0 Å². The van der Waals surface area contributed by atoms with Gasteiger partial charge in [-0.15, -0.1) is 0 Å². The zero-order valence-corrected chi connectivity index (χ0v) is 36.6. The van der Waals surface area contributed by atoms with Gasteiger partial charge in [-0.3, -0.25) is 13.8 Å². The Morgan fingerprint density at radius 3 is 1.61 bits per heavy atom. The molecule has 0 aliphatic heterocycles. The summed E-state index contributed by atoms with van der Waals surface area (Å²) in [4.78, 5) is 22.9. The molecule has 54 heavy (non-hydrogen) atoms. The topological polar surface area (TPSA) is 91.3 Å². The van der Waals surface area contributed by atoms with E-state index in [0.717, 1.165) is 70.6 Å². The summed E-state index contributed by atoms with van der Waals surface area (Å²) in [6.45, 7) is 5.48. The molecule has 0 aromatic heterocycles. The first-order valence-electron chi connectivity index (χ1n) is 21.9. The molecule has 0 saturated heterocycles. The fraction of sp³-hybridized carbons (Fsp3) is 0.800. The van der Waals surface area contributed by atoms with Crippen LogP contribution in [-0.2, 0) is 27.9 Å². The van der Waals surface area contributed by atoms with Crippen molar-refractivity contribution in [2.24, 2.45) is 0 Å². The van der Waals surface area contributed by atoms with Gasteiger partial charge in [0.15, 0.2) is 0 Å². The Labute approximate surface area is 333 Å². The zero-order chi connectivity index (χ0) is 39.9. The summed E-state index contributed by atoms with van der Waals surface area (Å²) in [5.41, 5.74) is 0. The average Bonchev–Trinajstić information content (AvgIpc) is 3.12. The van der Waals surface area contributed by atoms with Gasteiger partial charge in [0.2, 0.25) is 0 Å². The first-order chi connectivity index (χ1) is 26.1. The van der Waals surface area contributed by atoms with Gasteiger partial charge in [0.25, 0.3) is 0 Å². The molecule has 316 valence electrons. The van der Waals surface area contributed by atoms with Crippen LogP contribution < -0.4 is 0 Å². The number of ether oxygens (including phenoxy) is 2. The molecule has 2 unspecified atom stereocenters. The summed E-state index contributed by atoms with van der Waals surface area (Å²) in [6, 6.07) is 0. The minimum atomic E-state index is -4.28. The van der Waals surface area contributed by atoms with Gasteiger partial charge >= 0.3 is 13.8 Å². The number of unbranched alkanes of at least 4 members (excludes halogenated alkanes) is 18. The standard InChI is InChI=1S/C45H84NO7P/c1-6-8-10-12-14-16-18-20-22-23-24-26-28-30-32-34-36-38-45(47)53-44(43-52-54(48,49)51-41-39-46(3,4)5)42-50-40-37-35-33-31-29-27-25-21-19-17-15-13-11-9-7-2/h8,10,14,16,20,22,24,26,44H,6-7,9,11-13,15,17-19,21,23,25,27-43H2,1-5H3/p+1/b10-8-,16-14-,22-20-,26-24-. The number of hydrogen-bond donors (Lipinski definition) is 1. The number of esters is 1. The van der Waals surface area contributed by atoms with Crippen LogP contribution in [0.2, 0.25) is 0 Å². The molecule has 0 bridgehead atoms. The van der Waals surface area contributed by atoms with Gasteiger partial charge in [-0.05, 0) is 51.4 Å². The van der Waals surface area contributed by atoms with Crippen molar-refractivity contribution in [3.8, 4) is 0 Å². The lowest BCUT2D eigenvalue weighted by Crippen LogP contribution is -2.37. The highest BCUT2D eigenvalue weighted by molar-refractivity contribution is 7.47. The summed E-state index contributed by atoms with van der Waals surface area (Å²) >= 11 is 0. The maximum atomic E-state index is 12.7. The van der Waals surface area contributed by atoms with Crippen LogP contribution in [0.5, 0.6) is 0 Å². The molecule has 1 N–H and O–H groups in total. The van der Waals surface area contributed by atoms with Crippen molar-refractivity contribution in [1.29, 1.82) is 0 Å². The van der Waals surface area contributed by atoms with Crippen LogP contribution in [0.3, 0.4) is 0 Å². The van der Waals surface area contributed by atoms with Crippen LogP contribution in [0.4, 0.5) is 0 Å². The molecule has 0 aliphatic carbocycles. The van der Waals surface area contributed by atoms with Crippen molar-refractivity contribution in [2.45, 2.75) is 180 Å². The monoisotopic (exact) mass is 783 g/mol. The van der Waals surface area contributed by atoms with Gasteiger partial charge in [0.1, 0.15) is 19.3 Å². The van der Waals surface area contributed by atoms with Crippen LogP contribution in [0.25, 0.3) is 0 Å². The van der Waals surface area contributed by atoms with Gasteiger partial charge in [-0.2, -0.15) is 0 Å². The molecular formula is C45H85NO7P+. The lowest BCUT2D eigenvalue weighted by atomic mass is 10.0. The molecule has 0 saturated carbocycles. The number of likely N-dealkylation sites (N-methyl/N-ethyl adjacent to an activating group) is 1. The minimum Gasteiger partial charge on any atom is -0.457 e. The number of phosphoric ester groups is 1. The minimum absolute atomic E-state index is 0.0830. The second kappa shape index (κ2) is 38.3. The molecule has 0 heterocycles. The number of allylic oxidation sites excluding steroid dienone is 8. The molecule has 0 aromatic rings. The third kappa shape index (κ3) is 41.6. The summed E-state index contributed by atoms with van der Waals surface area (Å²) in [7, 11) is 1.65. The Bertz CT molecular complexity index is 1000. The third-order valence-electron chi connectivity index (χ3n) is 9.15. The maximum absolute atomic E-state index is 12.7. The number of hydrogen-bond acceptors (Lipinski definition) is 6. The number of rotatable bonds is 40. The predicted molar refractivity (Wildman–Crippen MR) is 229 cm³/mol. The van der Waals surface area contributed by atoms with Crippen LogP contribution in [0.1, 0.15) is 174 Å². The lowest BCUT2D eigenvalue weighted by molar-refractivity contribution is -0.870. The SMILES string of the molecule is CC/C=C\C/C=C\C/C=C\C/C=C\CCCCCCC(=O)OC(COCCCCCCCCCCCCCCCCC)COP(=O)(O)OCC[N+](C)(C)C. The van der Waals surface area contributed by atoms with Crippen molar-refractivity contribution in [1.82, 2.24) is 0 Å². The van der Waals surface area contributed by atoms with Gasteiger partial charge in [0, 0.05) is 13.0 Å². The summed E-state index contributed by atoms with van der Waals surface area (Å²) in [5.74, 6) is -0.336. The zero-order valence-electron chi connectivity index (χ0n) is 35.7. The van der Waals surface area contributed by atoms with E-state index in [-0.39, 0.29) is 25.8 Å². The van der Waals surface area contributed by atoms with Crippen LogP contribution in [0, 0.1) is 0 Å². The molecular weight excluding hydrogens is 697 g/mol. The van der Waals surface area contributed by atoms with Crippen molar-refractivity contribution < 1.29 is 37.3 Å². The Balaban J connectivity index is 4.28. The van der Waals surface area contributed by atoms with E-state index in [9.17, 15) is 14.3 Å². The summed E-state index contributed by atoms with van der Waals surface area (Å²) < 4.78 is 35.0. The number of quaternary nitrogens is 1. The van der Waals surface area contributed by atoms with E-state index in [4.69, 9.17) is 18.5 Å². The molecule has 2 atom stereocenters. The first-order valence-corrected chi connectivity index (χ1v) is 23.4. The van der Waals surface area contributed by atoms with E-state index in [1.165, 1.54) is 83.5 Å².